The maximum Gasteiger partial charge on any atom is 0.408 e. The molecule has 168 valence electrons. The molecule has 0 heterocycles. The van der Waals surface area contributed by atoms with E-state index in [1.54, 1.807) is 13.8 Å². The van der Waals surface area contributed by atoms with Gasteiger partial charge < -0.3 is 19.3 Å². The number of carbonyl (C=O) groups is 2. The van der Waals surface area contributed by atoms with Gasteiger partial charge in [-0.3, -0.25) is 9.36 Å². The summed E-state index contributed by atoms with van der Waals surface area (Å²) in [7, 11) is -2.11. The van der Waals surface area contributed by atoms with Crippen LogP contribution in [0.25, 0.3) is 0 Å². The third-order valence-electron chi connectivity index (χ3n) is 4.86. The Labute approximate surface area is 183 Å². The highest BCUT2D eigenvalue weighted by atomic mass is 31.2. The van der Waals surface area contributed by atoms with E-state index in [0.717, 1.165) is 11.1 Å². The van der Waals surface area contributed by atoms with Crippen molar-refractivity contribution in [1.82, 2.24) is 5.32 Å². The van der Waals surface area contributed by atoms with Gasteiger partial charge in [-0.2, -0.15) is 0 Å². The second-order valence-electron chi connectivity index (χ2n) is 7.11. The largest absolute Gasteiger partial charge is 0.466 e. The van der Waals surface area contributed by atoms with Crippen molar-refractivity contribution in [1.29, 1.82) is 0 Å². The Morgan fingerprint density at radius 3 is 2.10 bits per heavy atom. The predicted molar refractivity (Wildman–Crippen MR) is 119 cm³/mol. The molecule has 2 aromatic carbocycles. The van der Waals surface area contributed by atoms with Gasteiger partial charge in [-0.25, -0.2) is 4.79 Å². The zero-order chi connectivity index (χ0) is 22.7. The van der Waals surface area contributed by atoms with Gasteiger partial charge in [0, 0.05) is 13.3 Å². The van der Waals surface area contributed by atoms with Crippen molar-refractivity contribution < 1.29 is 28.2 Å². The number of esters is 1. The minimum atomic E-state index is -3.42. The molecule has 1 amide bonds. The predicted octanol–water partition coefficient (Wildman–Crippen LogP) is 4.61. The molecule has 7 nitrogen and oxygen atoms in total. The third-order valence-corrected chi connectivity index (χ3v) is 7.74. The Hall–Kier alpha value is -2.63. The van der Waals surface area contributed by atoms with Gasteiger partial charge in [-0.15, -0.1) is 0 Å². The number of alkyl carbamates (subject to hydrolysis) is 1. The number of amides is 1. The maximum absolute atomic E-state index is 13.5. The van der Waals surface area contributed by atoms with Crippen molar-refractivity contribution in [2.75, 3.05) is 19.9 Å². The number of hydrogen-bond acceptors (Lipinski definition) is 6. The van der Waals surface area contributed by atoms with E-state index in [1.807, 2.05) is 60.7 Å². The molecule has 0 aliphatic rings. The lowest BCUT2D eigenvalue weighted by Gasteiger charge is -2.27. The average molecular weight is 447 g/mol. The number of hydrogen-bond donors (Lipinski definition) is 1. The van der Waals surface area contributed by atoms with Gasteiger partial charge >= 0.3 is 12.1 Å². The summed E-state index contributed by atoms with van der Waals surface area (Å²) in [5, 5.41) is 2.58. The Balaban J connectivity index is 2.04. The van der Waals surface area contributed by atoms with Gasteiger partial charge in [-0.1, -0.05) is 60.7 Å². The van der Waals surface area contributed by atoms with E-state index >= 15 is 0 Å². The first-order chi connectivity index (χ1) is 14.9. The van der Waals surface area contributed by atoms with Crippen LogP contribution in [0.15, 0.2) is 60.7 Å². The molecule has 8 heteroatoms. The van der Waals surface area contributed by atoms with E-state index in [2.05, 4.69) is 5.32 Å². The summed E-state index contributed by atoms with van der Waals surface area (Å²) >= 11 is 0. The fourth-order valence-electron chi connectivity index (χ4n) is 3.11. The molecule has 0 radical (unpaired) electrons. The van der Waals surface area contributed by atoms with Crippen LogP contribution in [0.1, 0.15) is 25.0 Å². The summed E-state index contributed by atoms with van der Waals surface area (Å²) in [6.45, 7) is 3.62. The molecule has 0 fully saturated rings. The normalized spacial score (nSPS) is 14.7. The Kier molecular flexibility index (Phi) is 9.76. The molecule has 0 aromatic heterocycles. The van der Waals surface area contributed by atoms with Gasteiger partial charge in [0.1, 0.15) is 12.4 Å². The highest BCUT2D eigenvalue weighted by molar-refractivity contribution is 7.59. The van der Waals surface area contributed by atoms with Crippen LogP contribution >= 0.6 is 7.37 Å². The van der Waals surface area contributed by atoms with Crippen LogP contribution in [-0.4, -0.2) is 37.7 Å². The molecule has 2 unspecified atom stereocenters. The minimum absolute atomic E-state index is 0.0582. The van der Waals surface area contributed by atoms with Gasteiger partial charge in [0.25, 0.3) is 0 Å². The van der Waals surface area contributed by atoms with Crippen molar-refractivity contribution >= 4 is 19.4 Å². The fourth-order valence-corrected chi connectivity index (χ4v) is 5.09. The molecule has 0 bridgehead atoms. The average Bonchev–Trinajstić information content (AvgIpc) is 2.78. The number of ether oxygens (including phenoxy) is 2. The number of nitrogens with one attached hydrogen (secondary N) is 1. The monoisotopic (exact) mass is 447 g/mol. The van der Waals surface area contributed by atoms with Gasteiger partial charge in [-0.05, 0) is 31.4 Å². The quantitative estimate of drug-likeness (QED) is 0.400. The Morgan fingerprint density at radius 1 is 0.968 bits per heavy atom. The maximum atomic E-state index is 13.5. The first-order valence-corrected chi connectivity index (χ1v) is 12.1. The van der Waals surface area contributed by atoms with Crippen molar-refractivity contribution in [3.05, 3.63) is 71.8 Å². The first-order valence-electron chi connectivity index (χ1n) is 10.2. The lowest BCUT2D eigenvalue weighted by Crippen LogP contribution is -2.36. The number of benzene rings is 2. The highest BCUT2D eigenvalue weighted by Crippen LogP contribution is 2.52. The first kappa shape index (κ1) is 24.6. The van der Waals surface area contributed by atoms with E-state index in [0.29, 0.717) is 6.42 Å². The van der Waals surface area contributed by atoms with E-state index in [9.17, 15) is 14.2 Å². The summed E-state index contributed by atoms with van der Waals surface area (Å²) in [5.41, 5.74) is 1.76. The zero-order valence-electron chi connectivity index (χ0n) is 18.2. The smallest absolute Gasteiger partial charge is 0.408 e. The van der Waals surface area contributed by atoms with Crippen molar-refractivity contribution in [2.24, 2.45) is 5.92 Å². The van der Waals surface area contributed by atoms with Crippen molar-refractivity contribution in [2.45, 2.75) is 32.7 Å². The van der Waals surface area contributed by atoms with Gasteiger partial charge in [0.05, 0.1) is 12.5 Å². The van der Waals surface area contributed by atoms with Crippen LogP contribution in [-0.2, 0) is 36.4 Å². The van der Waals surface area contributed by atoms with Crippen LogP contribution in [0.2, 0.25) is 0 Å². The standard InChI is InChI=1S/C23H30NO6P/c1-4-29-22(25)21(15-19-11-7-5-8-12-19)17-31(27,28-3)18(2)24-23(26)30-16-20-13-9-6-10-14-20/h5-14,18,21H,4,15-17H2,1-3H3,(H,24,26)/t18-,21?,31?/m0/s1. The lowest BCUT2D eigenvalue weighted by molar-refractivity contribution is -0.147. The van der Waals surface area contributed by atoms with Gasteiger partial charge in [0.2, 0.25) is 7.37 Å². The van der Waals surface area contributed by atoms with E-state index < -0.39 is 31.1 Å². The van der Waals surface area contributed by atoms with Crippen LogP contribution in [0.3, 0.4) is 0 Å². The summed E-state index contributed by atoms with van der Waals surface area (Å²) in [4.78, 5) is 24.7. The van der Waals surface area contributed by atoms with Crippen LogP contribution in [0, 0.1) is 5.92 Å². The summed E-state index contributed by atoms with van der Waals surface area (Å²) < 4.78 is 29.2. The topological polar surface area (TPSA) is 90.9 Å². The van der Waals surface area contributed by atoms with E-state index in [4.69, 9.17) is 14.0 Å². The van der Waals surface area contributed by atoms with Crippen molar-refractivity contribution in [3.63, 3.8) is 0 Å². The summed E-state index contributed by atoms with van der Waals surface area (Å²) in [6.07, 6.45) is -0.403. The van der Waals surface area contributed by atoms with Crippen LogP contribution in [0.5, 0.6) is 0 Å². The third kappa shape index (κ3) is 7.85. The van der Waals surface area contributed by atoms with Gasteiger partial charge in [0.15, 0.2) is 0 Å². The highest BCUT2D eigenvalue weighted by Gasteiger charge is 2.37. The summed E-state index contributed by atoms with van der Waals surface area (Å²) in [5.74, 6) is -1.95. The van der Waals surface area contributed by atoms with E-state index in [-0.39, 0.29) is 19.4 Å². The molecule has 0 aliphatic heterocycles. The SMILES string of the molecule is CCOC(=O)C(Cc1ccccc1)CP(=O)(OC)[C@@H](C)NC(=O)OCc1ccccc1. The molecule has 0 saturated heterocycles. The zero-order valence-corrected chi connectivity index (χ0v) is 19.0. The molecule has 0 saturated carbocycles. The molecular weight excluding hydrogens is 417 g/mol. The second-order valence-corrected chi connectivity index (χ2v) is 10.1. The molecule has 2 rings (SSSR count). The fraction of sp³-hybridized carbons (Fsp3) is 0.391. The Morgan fingerprint density at radius 2 is 1.55 bits per heavy atom. The number of rotatable bonds is 11. The second kappa shape index (κ2) is 12.3. The number of carbonyl (C=O) groups excluding carboxylic acids is 2. The molecule has 3 atom stereocenters. The van der Waals surface area contributed by atoms with Crippen LogP contribution < -0.4 is 5.32 Å². The summed E-state index contributed by atoms with van der Waals surface area (Å²) in [6, 6.07) is 18.7. The molecule has 1 N–H and O–H groups in total. The Bertz CT molecular complexity index is 874. The molecule has 2 aromatic rings. The van der Waals surface area contributed by atoms with Crippen molar-refractivity contribution in [3.8, 4) is 0 Å². The minimum Gasteiger partial charge on any atom is -0.466 e. The molecule has 31 heavy (non-hydrogen) atoms. The van der Waals surface area contributed by atoms with E-state index in [1.165, 1.54) is 7.11 Å². The lowest BCUT2D eigenvalue weighted by atomic mass is 10.0. The molecular formula is C23H30NO6P. The molecule has 0 aliphatic carbocycles. The van der Waals surface area contributed by atoms with Crippen LogP contribution in [0.4, 0.5) is 4.79 Å². The molecule has 0 spiro atoms.